The molecule has 6 nitrogen and oxygen atoms in total. The minimum atomic E-state index is -0.217. The fourth-order valence-electron chi connectivity index (χ4n) is 3.58. The summed E-state index contributed by atoms with van der Waals surface area (Å²) in [5.41, 5.74) is 3.24. The third-order valence-electron chi connectivity index (χ3n) is 4.82. The largest absolute Gasteiger partial charge is 0.347 e. The molecule has 0 fully saturated rings. The van der Waals surface area contributed by atoms with Gasteiger partial charge in [0, 0.05) is 24.8 Å². The van der Waals surface area contributed by atoms with Crippen LogP contribution >= 0.6 is 0 Å². The number of aromatic nitrogens is 2. The Morgan fingerprint density at radius 2 is 2.07 bits per heavy atom. The minimum Gasteiger partial charge on any atom is -0.347 e. The first-order valence-corrected chi connectivity index (χ1v) is 9.71. The number of nitrogens with zero attached hydrogens (tertiary/aromatic N) is 3. The van der Waals surface area contributed by atoms with Gasteiger partial charge in [-0.25, -0.2) is 4.98 Å². The second kappa shape index (κ2) is 7.94. The smallest absolute Gasteiger partial charge is 0.287 e. The second-order valence-electron chi connectivity index (χ2n) is 7.36. The van der Waals surface area contributed by atoms with Crippen molar-refractivity contribution in [3.63, 3.8) is 0 Å². The summed E-state index contributed by atoms with van der Waals surface area (Å²) in [4.78, 5) is 32.2. The van der Waals surface area contributed by atoms with Crippen LogP contribution in [0.2, 0.25) is 0 Å². The number of carbonyl (C=O) groups excluding carboxylic acids is 2. The monoisotopic (exact) mass is 368 g/mol. The van der Waals surface area contributed by atoms with Crippen LogP contribution in [0.4, 0.5) is 5.69 Å². The average Bonchev–Trinajstić information content (AvgIpc) is 3.01. The maximum absolute atomic E-state index is 13.3. The number of carbonyl (C=O) groups is 2. The lowest BCUT2D eigenvalue weighted by Gasteiger charge is -2.22. The Labute approximate surface area is 160 Å². The van der Waals surface area contributed by atoms with E-state index in [0.717, 1.165) is 42.8 Å². The highest BCUT2D eigenvalue weighted by molar-refractivity contribution is 6.06. The number of rotatable bonds is 5. The molecule has 2 heterocycles. The quantitative estimate of drug-likeness (QED) is 0.880. The van der Waals surface area contributed by atoms with Gasteiger partial charge in [0.2, 0.25) is 0 Å². The highest BCUT2D eigenvalue weighted by Gasteiger charge is 2.30. The SMILES string of the molecule is CCN(C(=O)c1nc(C(=O)NC(C)C)n2c1CCCC2)c1cccc(C)c1. The van der Waals surface area contributed by atoms with Crippen LogP contribution in [0.5, 0.6) is 0 Å². The van der Waals surface area contributed by atoms with E-state index < -0.39 is 0 Å². The topological polar surface area (TPSA) is 67.2 Å². The fraction of sp³-hybridized carbons (Fsp3) is 0.476. The van der Waals surface area contributed by atoms with E-state index in [2.05, 4.69) is 10.3 Å². The van der Waals surface area contributed by atoms with Gasteiger partial charge in [-0.15, -0.1) is 0 Å². The van der Waals surface area contributed by atoms with Crippen molar-refractivity contribution in [2.24, 2.45) is 0 Å². The summed E-state index contributed by atoms with van der Waals surface area (Å²) in [5.74, 6) is -0.00908. The number of anilines is 1. The molecule has 2 aromatic rings. The Balaban J connectivity index is 2.01. The van der Waals surface area contributed by atoms with Crippen LogP contribution in [0.15, 0.2) is 24.3 Å². The maximum Gasteiger partial charge on any atom is 0.287 e. The van der Waals surface area contributed by atoms with Crippen LogP contribution in [-0.4, -0.2) is 34.0 Å². The maximum atomic E-state index is 13.3. The van der Waals surface area contributed by atoms with Gasteiger partial charge in [-0.1, -0.05) is 12.1 Å². The van der Waals surface area contributed by atoms with Gasteiger partial charge in [0.15, 0.2) is 11.5 Å². The van der Waals surface area contributed by atoms with E-state index in [-0.39, 0.29) is 17.9 Å². The molecule has 1 N–H and O–H groups in total. The molecule has 3 rings (SSSR count). The molecule has 0 bridgehead atoms. The molecule has 6 heteroatoms. The number of benzene rings is 1. The van der Waals surface area contributed by atoms with Gasteiger partial charge < -0.3 is 14.8 Å². The number of fused-ring (bicyclic) bond motifs is 1. The third kappa shape index (κ3) is 3.89. The van der Waals surface area contributed by atoms with Crippen LogP contribution in [0.3, 0.4) is 0 Å². The van der Waals surface area contributed by atoms with Crippen molar-refractivity contribution in [3.05, 3.63) is 47.0 Å². The molecule has 0 atom stereocenters. The van der Waals surface area contributed by atoms with E-state index >= 15 is 0 Å². The average molecular weight is 368 g/mol. The Kier molecular flexibility index (Phi) is 5.63. The van der Waals surface area contributed by atoms with Gasteiger partial charge in [0.25, 0.3) is 11.8 Å². The standard InChI is InChI=1S/C21H28N4O2/c1-5-24(16-10-8-9-15(4)13-16)21(27)18-17-11-6-7-12-25(17)19(23-18)20(26)22-14(2)3/h8-10,13-14H,5-7,11-12H2,1-4H3,(H,22,26). The number of hydrogen-bond acceptors (Lipinski definition) is 3. The number of aryl methyl sites for hydroxylation is 1. The molecule has 1 aromatic carbocycles. The Morgan fingerprint density at radius 3 is 2.74 bits per heavy atom. The van der Waals surface area contributed by atoms with Gasteiger partial charge in [-0.2, -0.15) is 0 Å². The molecule has 0 saturated carbocycles. The lowest BCUT2D eigenvalue weighted by atomic mass is 10.1. The van der Waals surface area contributed by atoms with Gasteiger partial charge >= 0.3 is 0 Å². The van der Waals surface area contributed by atoms with Crippen molar-refractivity contribution in [3.8, 4) is 0 Å². The van der Waals surface area contributed by atoms with Crippen molar-refractivity contribution in [1.82, 2.24) is 14.9 Å². The molecule has 1 aliphatic rings. The van der Waals surface area contributed by atoms with E-state index in [0.29, 0.717) is 18.1 Å². The first kappa shape index (κ1) is 19.1. The van der Waals surface area contributed by atoms with Crippen molar-refractivity contribution in [2.45, 2.75) is 59.5 Å². The number of nitrogens with one attached hydrogen (secondary N) is 1. The van der Waals surface area contributed by atoms with Gasteiger partial charge in [-0.05, 0) is 64.7 Å². The van der Waals surface area contributed by atoms with E-state index in [1.165, 1.54) is 0 Å². The summed E-state index contributed by atoms with van der Waals surface area (Å²) in [6.45, 7) is 9.07. The highest BCUT2D eigenvalue weighted by Crippen LogP contribution is 2.25. The molecule has 0 aliphatic carbocycles. The van der Waals surface area contributed by atoms with Gasteiger partial charge in [-0.3, -0.25) is 9.59 Å². The predicted molar refractivity (Wildman–Crippen MR) is 106 cm³/mol. The normalized spacial score (nSPS) is 13.4. The summed E-state index contributed by atoms with van der Waals surface area (Å²) in [6, 6.07) is 7.91. The summed E-state index contributed by atoms with van der Waals surface area (Å²) >= 11 is 0. The molecule has 0 saturated heterocycles. The van der Waals surface area contributed by atoms with Crippen LogP contribution in [0.25, 0.3) is 0 Å². The van der Waals surface area contributed by atoms with Crippen molar-refractivity contribution < 1.29 is 9.59 Å². The molecule has 0 unspecified atom stereocenters. The van der Waals surface area contributed by atoms with Crippen molar-refractivity contribution >= 4 is 17.5 Å². The number of amides is 2. The van der Waals surface area contributed by atoms with Crippen LogP contribution in [0, 0.1) is 6.92 Å². The van der Waals surface area contributed by atoms with Gasteiger partial charge in [0.05, 0.1) is 5.69 Å². The highest BCUT2D eigenvalue weighted by atomic mass is 16.2. The molecule has 0 spiro atoms. The van der Waals surface area contributed by atoms with E-state index in [1.807, 2.05) is 56.5 Å². The molecule has 144 valence electrons. The van der Waals surface area contributed by atoms with Crippen LogP contribution in [-0.2, 0) is 13.0 Å². The zero-order valence-corrected chi connectivity index (χ0v) is 16.6. The molecule has 0 radical (unpaired) electrons. The van der Waals surface area contributed by atoms with Crippen molar-refractivity contribution in [2.75, 3.05) is 11.4 Å². The number of imidazole rings is 1. The first-order chi connectivity index (χ1) is 12.9. The minimum absolute atomic E-state index is 0.0210. The zero-order chi connectivity index (χ0) is 19.6. The predicted octanol–water partition coefficient (Wildman–Crippen LogP) is 3.33. The van der Waals surface area contributed by atoms with E-state index in [1.54, 1.807) is 4.90 Å². The summed E-state index contributed by atoms with van der Waals surface area (Å²) < 4.78 is 1.93. The summed E-state index contributed by atoms with van der Waals surface area (Å²) in [7, 11) is 0. The first-order valence-electron chi connectivity index (χ1n) is 9.71. The summed E-state index contributed by atoms with van der Waals surface area (Å²) in [6.07, 6.45) is 2.77. The van der Waals surface area contributed by atoms with Gasteiger partial charge in [0.1, 0.15) is 0 Å². The Morgan fingerprint density at radius 1 is 1.30 bits per heavy atom. The van der Waals surface area contributed by atoms with Crippen LogP contribution in [0.1, 0.15) is 66.0 Å². The molecule has 1 aromatic heterocycles. The van der Waals surface area contributed by atoms with E-state index in [9.17, 15) is 9.59 Å². The lowest BCUT2D eigenvalue weighted by molar-refractivity contribution is 0.0927. The van der Waals surface area contributed by atoms with E-state index in [4.69, 9.17) is 0 Å². The molecule has 27 heavy (non-hydrogen) atoms. The molecule has 2 amide bonds. The lowest BCUT2D eigenvalue weighted by Crippen LogP contribution is -2.33. The van der Waals surface area contributed by atoms with Crippen LogP contribution < -0.4 is 10.2 Å². The fourth-order valence-corrected chi connectivity index (χ4v) is 3.58. The Bertz CT molecular complexity index is 854. The second-order valence-corrected chi connectivity index (χ2v) is 7.36. The zero-order valence-electron chi connectivity index (χ0n) is 16.6. The molecule has 1 aliphatic heterocycles. The number of hydrogen-bond donors (Lipinski definition) is 1. The molecular weight excluding hydrogens is 340 g/mol. The summed E-state index contributed by atoms with van der Waals surface area (Å²) in [5, 5.41) is 2.90. The Hall–Kier alpha value is -2.63. The third-order valence-corrected chi connectivity index (χ3v) is 4.82. The van der Waals surface area contributed by atoms with Crippen molar-refractivity contribution in [1.29, 1.82) is 0 Å². The molecular formula is C21H28N4O2.